The van der Waals surface area contributed by atoms with Crippen molar-refractivity contribution in [2.75, 3.05) is 0 Å². The minimum atomic E-state index is -1.46. The van der Waals surface area contributed by atoms with E-state index in [2.05, 4.69) is 0 Å². The number of benzene rings is 2. The van der Waals surface area contributed by atoms with Crippen LogP contribution in [0.25, 0.3) is 21.8 Å². The number of aromatic nitrogens is 1. The van der Waals surface area contributed by atoms with Crippen LogP contribution < -0.4 is 0 Å². The predicted octanol–water partition coefficient (Wildman–Crippen LogP) is 2.52. The van der Waals surface area contributed by atoms with Crippen LogP contribution in [-0.4, -0.2) is 21.6 Å². The minimum absolute atomic E-state index is 0.617. The van der Waals surface area contributed by atoms with Crippen molar-refractivity contribution in [2.24, 2.45) is 0 Å². The lowest BCUT2D eigenvalue weighted by Gasteiger charge is -2.01. The highest BCUT2D eigenvalue weighted by Crippen LogP contribution is 2.28. The van der Waals surface area contributed by atoms with Crippen molar-refractivity contribution in [3.63, 3.8) is 0 Å². The van der Waals surface area contributed by atoms with E-state index in [-0.39, 0.29) is 0 Å². The summed E-state index contributed by atoms with van der Waals surface area (Å²) in [6.45, 7) is 0. The topological polar surface area (TPSA) is 59.3 Å². The van der Waals surface area contributed by atoms with Crippen LogP contribution >= 0.6 is 0 Å². The molecule has 0 bridgehead atoms. The molecule has 0 saturated carbocycles. The van der Waals surface area contributed by atoms with Crippen molar-refractivity contribution in [3.8, 4) is 0 Å². The van der Waals surface area contributed by atoms with E-state index in [9.17, 15) is 9.59 Å². The van der Waals surface area contributed by atoms with Gasteiger partial charge < -0.3 is 5.11 Å². The molecule has 1 N–H and O–H groups in total. The fourth-order valence-corrected chi connectivity index (χ4v) is 2.24. The van der Waals surface area contributed by atoms with Gasteiger partial charge in [-0.2, -0.15) is 0 Å². The second-order valence-corrected chi connectivity index (χ2v) is 3.98. The van der Waals surface area contributed by atoms with Gasteiger partial charge in [0, 0.05) is 10.8 Å². The lowest BCUT2D eigenvalue weighted by Crippen LogP contribution is -2.20. The Morgan fingerprint density at radius 2 is 1.28 bits per heavy atom. The largest absolute Gasteiger partial charge is 0.474 e. The third kappa shape index (κ3) is 1.32. The summed E-state index contributed by atoms with van der Waals surface area (Å²) in [5.41, 5.74) is 1.23. The Hall–Kier alpha value is -2.62. The molecular weight excluding hydrogens is 230 g/mol. The Kier molecular flexibility index (Phi) is 2.16. The van der Waals surface area contributed by atoms with Gasteiger partial charge in [0.25, 0.3) is 0 Å². The van der Waals surface area contributed by atoms with Gasteiger partial charge in [-0.3, -0.25) is 9.36 Å². The highest BCUT2D eigenvalue weighted by molar-refractivity contribution is 6.36. The van der Waals surface area contributed by atoms with Crippen LogP contribution in [0.3, 0.4) is 0 Å². The van der Waals surface area contributed by atoms with E-state index in [0.717, 1.165) is 10.8 Å². The average Bonchev–Trinajstić information content (AvgIpc) is 2.72. The maximum atomic E-state index is 11.8. The molecule has 18 heavy (non-hydrogen) atoms. The SMILES string of the molecule is O=C(O)C(=O)n1c2ccccc2c2ccccc21. The number of carbonyl (C=O) groups is 2. The zero-order valence-corrected chi connectivity index (χ0v) is 9.33. The van der Waals surface area contributed by atoms with E-state index in [0.29, 0.717) is 11.0 Å². The molecule has 2 aromatic carbocycles. The smallest absolute Gasteiger partial charge is 0.395 e. The molecule has 4 nitrogen and oxygen atoms in total. The number of hydrogen-bond donors (Lipinski definition) is 1. The molecule has 3 aromatic rings. The molecule has 0 aliphatic rings. The number of fused-ring (bicyclic) bond motifs is 3. The van der Waals surface area contributed by atoms with Crippen molar-refractivity contribution in [1.82, 2.24) is 4.57 Å². The van der Waals surface area contributed by atoms with E-state index in [1.807, 2.05) is 24.3 Å². The van der Waals surface area contributed by atoms with Crippen LogP contribution in [0, 0.1) is 0 Å². The highest BCUT2D eigenvalue weighted by atomic mass is 16.4. The lowest BCUT2D eigenvalue weighted by molar-refractivity contribution is -0.132. The van der Waals surface area contributed by atoms with Gasteiger partial charge in [-0.25, -0.2) is 4.79 Å². The van der Waals surface area contributed by atoms with Crippen LogP contribution in [0.4, 0.5) is 0 Å². The van der Waals surface area contributed by atoms with E-state index in [1.165, 1.54) is 4.57 Å². The summed E-state index contributed by atoms with van der Waals surface area (Å²) >= 11 is 0. The summed E-state index contributed by atoms with van der Waals surface area (Å²) in [6.07, 6.45) is 0. The van der Waals surface area contributed by atoms with Gasteiger partial charge >= 0.3 is 11.9 Å². The zero-order chi connectivity index (χ0) is 12.7. The van der Waals surface area contributed by atoms with Crippen LogP contribution in [0.2, 0.25) is 0 Å². The number of hydrogen-bond acceptors (Lipinski definition) is 2. The van der Waals surface area contributed by atoms with Gasteiger partial charge in [-0.1, -0.05) is 36.4 Å². The molecule has 0 fully saturated rings. The summed E-state index contributed by atoms with van der Waals surface area (Å²) < 4.78 is 1.24. The molecule has 4 heteroatoms. The van der Waals surface area contributed by atoms with Crippen molar-refractivity contribution >= 4 is 33.7 Å². The Morgan fingerprint density at radius 3 is 1.72 bits per heavy atom. The molecule has 88 valence electrons. The quantitative estimate of drug-likeness (QED) is 0.613. The standard InChI is InChI=1S/C14H9NO3/c16-13(14(17)18)15-11-7-3-1-5-9(11)10-6-2-4-8-12(10)15/h1-8H,(H,17,18). The fourth-order valence-electron chi connectivity index (χ4n) is 2.24. The number of rotatable bonds is 0. The van der Waals surface area contributed by atoms with Crippen molar-refractivity contribution in [3.05, 3.63) is 48.5 Å². The maximum absolute atomic E-state index is 11.8. The van der Waals surface area contributed by atoms with Gasteiger partial charge in [0.2, 0.25) is 0 Å². The monoisotopic (exact) mass is 239 g/mol. The first-order valence-electron chi connectivity index (χ1n) is 5.46. The molecule has 0 radical (unpaired) electrons. The normalized spacial score (nSPS) is 10.9. The third-order valence-electron chi connectivity index (χ3n) is 2.97. The molecular formula is C14H9NO3. The van der Waals surface area contributed by atoms with Crippen molar-refractivity contribution < 1.29 is 14.7 Å². The van der Waals surface area contributed by atoms with Gasteiger partial charge in [0.05, 0.1) is 11.0 Å². The summed E-state index contributed by atoms with van der Waals surface area (Å²) in [5, 5.41) is 10.7. The first-order chi connectivity index (χ1) is 8.70. The zero-order valence-electron chi connectivity index (χ0n) is 9.33. The molecule has 3 rings (SSSR count). The number of carboxylic acid groups (broad SMARTS) is 1. The average molecular weight is 239 g/mol. The summed E-state index contributed by atoms with van der Waals surface area (Å²) in [7, 11) is 0. The first-order valence-corrected chi connectivity index (χ1v) is 5.46. The molecule has 0 aliphatic heterocycles. The Bertz CT molecular complexity index is 733. The second-order valence-electron chi connectivity index (χ2n) is 3.98. The Balaban J connectivity index is 2.53. The lowest BCUT2D eigenvalue weighted by atomic mass is 10.2. The van der Waals surface area contributed by atoms with Gasteiger partial charge in [0.15, 0.2) is 0 Å². The summed E-state index contributed by atoms with van der Waals surface area (Å²) in [6, 6.07) is 14.5. The molecule has 0 spiro atoms. The van der Waals surface area contributed by atoms with Crippen LogP contribution in [0.1, 0.15) is 4.79 Å². The van der Waals surface area contributed by atoms with Gasteiger partial charge in [-0.15, -0.1) is 0 Å². The van der Waals surface area contributed by atoms with Crippen molar-refractivity contribution in [1.29, 1.82) is 0 Å². The van der Waals surface area contributed by atoms with Crippen LogP contribution in [0.15, 0.2) is 48.5 Å². The maximum Gasteiger partial charge on any atom is 0.395 e. The molecule has 1 aromatic heterocycles. The number of aliphatic carboxylic acids is 1. The molecule has 0 saturated heterocycles. The van der Waals surface area contributed by atoms with Crippen molar-refractivity contribution in [2.45, 2.75) is 0 Å². The second kappa shape index (κ2) is 3.70. The van der Waals surface area contributed by atoms with E-state index in [4.69, 9.17) is 5.11 Å². The number of nitrogens with zero attached hydrogens (tertiary/aromatic N) is 1. The molecule has 0 amide bonds. The number of carbonyl (C=O) groups excluding carboxylic acids is 1. The van der Waals surface area contributed by atoms with Gasteiger partial charge in [-0.05, 0) is 12.1 Å². The summed E-state index contributed by atoms with van der Waals surface area (Å²) in [5.74, 6) is -2.39. The summed E-state index contributed by atoms with van der Waals surface area (Å²) in [4.78, 5) is 22.7. The Morgan fingerprint density at radius 1 is 0.833 bits per heavy atom. The van der Waals surface area contributed by atoms with E-state index in [1.54, 1.807) is 24.3 Å². The Labute approximate surface area is 102 Å². The highest BCUT2D eigenvalue weighted by Gasteiger charge is 2.20. The first kappa shape index (κ1) is 10.5. The van der Waals surface area contributed by atoms with E-state index >= 15 is 0 Å². The fraction of sp³-hybridized carbons (Fsp3) is 0. The number of para-hydroxylation sites is 2. The van der Waals surface area contributed by atoms with Gasteiger partial charge in [0.1, 0.15) is 0 Å². The molecule has 0 aliphatic carbocycles. The molecule has 0 unspecified atom stereocenters. The van der Waals surface area contributed by atoms with Crippen LogP contribution in [0.5, 0.6) is 0 Å². The van der Waals surface area contributed by atoms with Crippen LogP contribution in [-0.2, 0) is 4.79 Å². The minimum Gasteiger partial charge on any atom is -0.474 e. The van der Waals surface area contributed by atoms with E-state index < -0.39 is 11.9 Å². The third-order valence-corrected chi connectivity index (χ3v) is 2.97. The predicted molar refractivity (Wildman–Crippen MR) is 67.7 cm³/mol. The number of carboxylic acids is 1. The molecule has 0 atom stereocenters. The molecule has 1 heterocycles.